The Morgan fingerprint density at radius 1 is 1.36 bits per heavy atom. The van der Waals surface area contributed by atoms with E-state index in [0.717, 1.165) is 11.8 Å². The minimum atomic E-state index is 0.742. The van der Waals surface area contributed by atoms with Crippen molar-refractivity contribution < 1.29 is 0 Å². The lowest BCUT2D eigenvalue weighted by Gasteiger charge is -2.18. The van der Waals surface area contributed by atoms with Gasteiger partial charge in [-0.15, -0.1) is 6.58 Å². The first kappa shape index (κ1) is 11.6. The second kappa shape index (κ2) is 6.06. The maximum Gasteiger partial charge on any atom is -0.0228 e. The van der Waals surface area contributed by atoms with Crippen LogP contribution in [0.25, 0.3) is 0 Å². The van der Waals surface area contributed by atoms with Gasteiger partial charge in [0, 0.05) is 0 Å². The van der Waals surface area contributed by atoms with Crippen molar-refractivity contribution in [2.45, 2.75) is 52.4 Å². The van der Waals surface area contributed by atoms with Crippen LogP contribution in [0.5, 0.6) is 0 Å². The molecular weight excluding hydrogens is 168 g/mol. The SMILES string of the molecule is C=CCC(CC)C(C)C=C1CCCC1. The summed E-state index contributed by atoms with van der Waals surface area (Å²) in [6.45, 7) is 8.50. The minimum absolute atomic E-state index is 0.742. The summed E-state index contributed by atoms with van der Waals surface area (Å²) in [5.74, 6) is 1.55. The monoisotopic (exact) mass is 192 g/mol. The number of hydrogen-bond acceptors (Lipinski definition) is 0. The van der Waals surface area contributed by atoms with Crippen LogP contribution in [0.15, 0.2) is 24.3 Å². The van der Waals surface area contributed by atoms with Gasteiger partial charge >= 0.3 is 0 Å². The lowest BCUT2D eigenvalue weighted by Crippen LogP contribution is -2.08. The lowest BCUT2D eigenvalue weighted by atomic mass is 9.87. The molecule has 2 atom stereocenters. The summed E-state index contributed by atoms with van der Waals surface area (Å²) < 4.78 is 0. The molecule has 80 valence electrons. The first-order valence-electron chi connectivity index (χ1n) is 6.08. The predicted molar refractivity (Wildman–Crippen MR) is 64.3 cm³/mol. The van der Waals surface area contributed by atoms with E-state index in [4.69, 9.17) is 0 Å². The van der Waals surface area contributed by atoms with E-state index in [2.05, 4.69) is 32.6 Å². The van der Waals surface area contributed by atoms with Crippen LogP contribution in [0.4, 0.5) is 0 Å². The van der Waals surface area contributed by atoms with Crippen molar-refractivity contribution in [3.63, 3.8) is 0 Å². The molecule has 0 bridgehead atoms. The normalized spacial score (nSPS) is 20.6. The molecule has 0 aromatic heterocycles. The molecule has 0 N–H and O–H groups in total. The molecule has 0 heteroatoms. The van der Waals surface area contributed by atoms with E-state index in [1.54, 1.807) is 5.57 Å². The topological polar surface area (TPSA) is 0 Å². The van der Waals surface area contributed by atoms with Crippen molar-refractivity contribution in [2.24, 2.45) is 11.8 Å². The second-order valence-corrected chi connectivity index (χ2v) is 4.58. The summed E-state index contributed by atoms with van der Waals surface area (Å²) in [7, 11) is 0. The Balaban J connectivity index is 2.48. The van der Waals surface area contributed by atoms with Gasteiger partial charge in [0.15, 0.2) is 0 Å². The second-order valence-electron chi connectivity index (χ2n) is 4.58. The summed E-state index contributed by atoms with van der Waals surface area (Å²) in [5, 5.41) is 0. The van der Waals surface area contributed by atoms with Crippen LogP contribution in [0.3, 0.4) is 0 Å². The fraction of sp³-hybridized carbons (Fsp3) is 0.714. The van der Waals surface area contributed by atoms with E-state index in [1.807, 2.05) is 0 Å². The van der Waals surface area contributed by atoms with Crippen molar-refractivity contribution in [1.82, 2.24) is 0 Å². The Morgan fingerprint density at radius 2 is 2.00 bits per heavy atom. The minimum Gasteiger partial charge on any atom is -0.103 e. The fourth-order valence-electron chi connectivity index (χ4n) is 2.47. The zero-order chi connectivity index (χ0) is 10.4. The Kier molecular flexibility index (Phi) is 5.00. The van der Waals surface area contributed by atoms with Gasteiger partial charge in [-0.25, -0.2) is 0 Å². The van der Waals surface area contributed by atoms with Gasteiger partial charge in [-0.05, 0) is 43.9 Å². The first-order chi connectivity index (χ1) is 6.77. The van der Waals surface area contributed by atoms with E-state index in [0.29, 0.717) is 0 Å². The molecule has 1 saturated carbocycles. The number of rotatable bonds is 5. The van der Waals surface area contributed by atoms with Crippen LogP contribution < -0.4 is 0 Å². The van der Waals surface area contributed by atoms with Crippen molar-refractivity contribution in [3.8, 4) is 0 Å². The highest BCUT2D eigenvalue weighted by Crippen LogP contribution is 2.29. The molecule has 0 nitrogen and oxygen atoms in total. The van der Waals surface area contributed by atoms with Gasteiger partial charge in [0.2, 0.25) is 0 Å². The van der Waals surface area contributed by atoms with Crippen LogP contribution in [0.1, 0.15) is 52.4 Å². The van der Waals surface area contributed by atoms with Crippen LogP contribution in [0.2, 0.25) is 0 Å². The van der Waals surface area contributed by atoms with Gasteiger partial charge in [0.05, 0.1) is 0 Å². The van der Waals surface area contributed by atoms with Crippen molar-refractivity contribution in [2.75, 3.05) is 0 Å². The Morgan fingerprint density at radius 3 is 2.50 bits per heavy atom. The van der Waals surface area contributed by atoms with Crippen molar-refractivity contribution >= 4 is 0 Å². The fourth-order valence-corrected chi connectivity index (χ4v) is 2.47. The van der Waals surface area contributed by atoms with Crippen LogP contribution in [0, 0.1) is 11.8 Å². The molecule has 0 aliphatic heterocycles. The zero-order valence-corrected chi connectivity index (χ0v) is 9.76. The molecule has 0 aromatic rings. The van der Waals surface area contributed by atoms with Crippen LogP contribution >= 0.6 is 0 Å². The molecule has 1 rings (SSSR count). The predicted octanol–water partition coefficient (Wildman–Crippen LogP) is 4.73. The standard InChI is InChI=1S/C14H24/c1-4-8-14(5-2)12(3)11-13-9-6-7-10-13/h4,11-12,14H,1,5-10H2,2-3H3. The van der Waals surface area contributed by atoms with Crippen LogP contribution in [-0.2, 0) is 0 Å². The average Bonchev–Trinajstić information content (AvgIpc) is 2.66. The smallest absolute Gasteiger partial charge is 0.0228 e. The van der Waals surface area contributed by atoms with E-state index in [9.17, 15) is 0 Å². The highest BCUT2D eigenvalue weighted by molar-refractivity contribution is 5.08. The number of hydrogen-bond donors (Lipinski definition) is 0. The van der Waals surface area contributed by atoms with Gasteiger partial charge in [-0.1, -0.05) is 38.0 Å². The van der Waals surface area contributed by atoms with Gasteiger partial charge in [0.1, 0.15) is 0 Å². The maximum atomic E-state index is 3.84. The van der Waals surface area contributed by atoms with Crippen molar-refractivity contribution in [3.05, 3.63) is 24.3 Å². The molecule has 0 amide bonds. The summed E-state index contributed by atoms with van der Waals surface area (Å²) >= 11 is 0. The zero-order valence-electron chi connectivity index (χ0n) is 9.76. The average molecular weight is 192 g/mol. The van der Waals surface area contributed by atoms with E-state index in [-0.39, 0.29) is 0 Å². The Hall–Kier alpha value is -0.520. The quantitative estimate of drug-likeness (QED) is 0.553. The third-order valence-electron chi connectivity index (χ3n) is 3.48. The largest absolute Gasteiger partial charge is 0.103 e. The summed E-state index contributed by atoms with van der Waals surface area (Å²) in [6, 6.07) is 0. The molecule has 2 unspecified atom stereocenters. The molecule has 0 aromatic carbocycles. The number of allylic oxidation sites excluding steroid dienone is 3. The molecule has 14 heavy (non-hydrogen) atoms. The molecule has 0 heterocycles. The molecule has 1 aliphatic carbocycles. The third kappa shape index (κ3) is 3.32. The first-order valence-corrected chi connectivity index (χ1v) is 6.08. The van der Waals surface area contributed by atoms with E-state index >= 15 is 0 Å². The van der Waals surface area contributed by atoms with Crippen molar-refractivity contribution in [1.29, 1.82) is 0 Å². The van der Waals surface area contributed by atoms with Gasteiger partial charge in [-0.2, -0.15) is 0 Å². The highest BCUT2D eigenvalue weighted by Gasteiger charge is 2.14. The van der Waals surface area contributed by atoms with Crippen LogP contribution in [-0.4, -0.2) is 0 Å². The summed E-state index contributed by atoms with van der Waals surface area (Å²) in [4.78, 5) is 0. The molecule has 1 fully saturated rings. The maximum absolute atomic E-state index is 3.84. The van der Waals surface area contributed by atoms with Gasteiger partial charge in [0.25, 0.3) is 0 Å². The van der Waals surface area contributed by atoms with E-state index < -0.39 is 0 Å². The third-order valence-corrected chi connectivity index (χ3v) is 3.48. The molecule has 0 spiro atoms. The Labute approximate surface area is 89.1 Å². The molecule has 0 radical (unpaired) electrons. The molecular formula is C14H24. The Bertz CT molecular complexity index is 192. The summed E-state index contributed by atoms with van der Waals surface area (Å²) in [6.07, 6.45) is 12.6. The van der Waals surface area contributed by atoms with E-state index in [1.165, 1.54) is 38.5 Å². The highest BCUT2D eigenvalue weighted by atomic mass is 14.2. The molecule has 1 aliphatic rings. The van der Waals surface area contributed by atoms with Gasteiger partial charge < -0.3 is 0 Å². The summed E-state index contributed by atoms with van der Waals surface area (Å²) in [5.41, 5.74) is 1.71. The molecule has 0 saturated heterocycles. The van der Waals surface area contributed by atoms with Gasteiger partial charge in [-0.3, -0.25) is 0 Å². The lowest BCUT2D eigenvalue weighted by molar-refractivity contribution is 0.410.